The molecule has 3 nitrogen and oxygen atoms in total. The number of hydrogen-bond acceptors (Lipinski definition) is 2. The molecule has 26 heavy (non-hydrogen) atoms. The average Bonchev–Trinajstić information content (AvgIpc) is 2.66. The summed E-state index contributed by atoms with van der Waals surface area (Å²) in [6.07, 6.45) is 9.71. The summed E-state index contributed by atoms with van der Waals surface area (Å²) >= 11 is 0. The Morgan fingerprint density at radius 1 is 1.04 bits per heavy atom. The summed E-state index contributed by atoms with van der Waals surface area (Å²) in [4.78, 5) is 13.4. The second-order valence-corrected chi connectivity index (χ2v) is 9.79. The molecule has 1 aliphatic heterocycles. The third kappa shape index (κ3) is 2.79. The molecule has 0 radical (unpaired) electrons. The van der Waals surface area contributed by atoms with Gasteiger partial charge in [-0.3, -0.25) is 4.79 Å². The maximum Gasteiger partial charge on any atom is 0.226 e. The molecule has 1 saturated heterocycles. The average molecular weight is 353 g/mol. The van der Waals surface area contributed by atoms with Crippen LogP contribution in [0.1, 0.15) is 56.9 Å². The van der Waals surface area contributed by atoms with E-state index in [1.165, 1.54) is 37.7 Å². The highest BCUT2D eigenvalue weighted by Gasteiger charge is 2.60. The monoisotopic (exact) mass is 352 g/mol. The summed E-state index contributed by atoms with van der Waals surface area (Å²) in [5.74, 6) is 2.55. The first kappa shape index (κ1) is 16.8. The van der Waals surface area contributed by atoms with Crippen LogP contribution in [-0.4, -0.2) is 25.5 Å². The number of hydrogen-bond donors (Lipinski definition) is 2. The topological polar surface area (TPSA) is 41.1 Å². The Balaban J connectivity index is 1.36. The Morgan fingerprint density at radius 3 is 2.42 bits per heavy atom. The summed E-state index contributed by atoms with van der Waals surface area (Å²) in [7, 11) is 0. The normalized spacial score (nSPS) is 39.1. The van der Waals surface area contributed by atoms with Gasteiger partial charge in [0.15, 0.2) is 0 Å². The van der Waals surface area contributed by atoms with E-state index in [9.17, 15) is 4.79 Å². The molecule has 5 aliphatic rings. The highest BCUT2D eigenvalue weighted by atomic mass is 16.2. The molecule has 1 aromatic carbocycles. The van der Waals surface area contributed by atoms with Gasteiger partial charge in [0.05, 0.1) is 5.41 Å². The molecule has 1 amide bonds. The zero-order valence-corrected chi connectivity index (χ0v) is 15.8. The molecule has 4 aliphatic carbocycles. The third-order valence-corrected chi connectivity index (χ3v) is 7.94. The smallest absolute Gasteiger partial charge is 0.226 e. The van der Waals surface area contributed by atoms with E-state index in [0.29, 0.717) is 11.8 Å². The second-order valence-electron chi connectivity index (χ2n) is 9.79. The number of nitrogens with one attached hydrogen (secondary N) is 2. The lowest BCUT2D eigenvalue weighted by molar-refractivity contribution is -0.149. The SMILES string of the molecule is O=C(NCC1CCNCC1)C12CC3CC(C1)CC(c1ccccc1)(C3)C2. The van der Waals surface area contributed by atoms with Crippen LogP contribution in [0.15, 0.2) is 30.3 Å². The van der Waals surface area contributed by atoms with Crippen LogP contribution in [0.5, 0.6) is 0 Å². The van der Waals surface area contributed by atoms with E-state index in [1.54, 1.807) is 0 Å². The largest absolute Gasteiger partial charge is 0.355 e. The Kier molecular flexibility index (Phi) is 4.11. The summed E-state index contributed by atoms with van der Waals surface area (Å²) in [6, 6.07) is 11.1. The predicted molar refractivity (Wildman–Crippen MR) is 104 cm³/mol. The zero-order valence-electron chi connectivity index (χ0n) is 15.8. The fraction of sp³-hybridized carbons (Fsp3) is 0.696. The molecule has 140 valence electrons. The van der Waals surface area contributed by atoms with E-state index in [1.807, 2.05) is 0 Å². The van der Waals surface area contributed by atoms with Gasteiger partial charge in [-0.1, -0.05) is 30.3 Å². The van der Waals surface area contributed by atoms with Gasteiger partial charge in [0.25, 0.3) is 0 Å². The molecule has 6 rings (SSSR count). The lowest BCUT2D eigenvalue weighted by Crippen LogP contribution is -2.59. The number of carbonyl (C=O) groups is 1. The minimum absolute atomic E-state index is 0.0904. The van der Waals surface area contributed by atoms with Gasteiger partial charge in [-0.25, -0.2) is 0 Å². The first-order valence-corrected chi connectivity index (χ1v) is 10.7. The Labute approximate surface area is 157 Å². The minimum Gasteiger partial charge on any atom is -0.355 e. The molecule has 0 aromatic heterocycles. The minimum atomic E-state index is -0.0904. The fourth-order valence-corrected chi connectivity index (χ4v) is 7.17. The lowest BCUT2D eigenvalue weighted by atomic mass is 9.42. The number of piperidine rings is 1. The summed E-state index contributed by atoms with van der Waals surface area (Å²) < 4.78 is 0. The molecule has 0 spiro atoms. The van der Waals surface area contributed by atoms with Gasteiger partial charge in [0, 0.05) is 6.54 Å². The van der Waals surface area contributed by atoms with E-state index in [-0.39, 0.29) is 10.8 Å². The van der Waals surface area contributed by atoms with E-state index < -0.39 is 0 Å². The van der Waals surface area contributed by atoms with Gasteiger partial charge in [-0.15, -0.1) is 0 Å². The van der Waals surface area contributed by atoms with Crippen molar-refractivity contribution in [1.82, 2.24) is 10.6 Å². The third-order valence-electron chi connectivity index (χ3n) is 7.94. The molecule has 2 N–H and O–H groups in total. The summed E-state index contributed by atoms with van der Waals surface area (Å²) in [5, 5.41) is 6.83. The van der Waals surface area contributed by atoms with E-state index in [4.69, 9.17) is 0 Å². The number of benzene rings is 1. The van der Waals surface area contributed by atoms with Gasteiger partial charge >= 0.3 is 0 Å². The van der Waals surface area contributed by atoms with Crippen LogP contribution >= 0.6 is 0 Å². The number of rotatable bonds is 4. The van der Waals surface area contributed by atoms with Crippen molar-refractivity contribution in [1.29, 1.82) is 0 Å². The molecular formula is C23H32N2O. The quantitative estimate of drug-likeness (QED) is 0.869. The highest BCUT2D eigenvalue weighted by Crippen LogP contribution is 2.65. The van der Waals surface area contributed by atoms with Crippen LogP contribution in [0, 0.1) is 23.2 Å². The standard InChI is InChI=1S/C23H32N2O/c26-21(25-15-17-6-8-24-9-7-17)23-13-18-10-19(14-23)12-22(11-18,16-23)20-4-2-1-3-5-20/h1-5,17-19,24H,6-16H2,(H,25,26). The first-order chi connectivity index (χ1) is 12.7. The van der Waals surface area contributed by atoms with Crippen molar-refractivity contribution in [2.75, 3.05) is 19.6 Å². The second kappa shape index (κ2) is 6.37. The molecule has 5 fully saturated rings. The molecule has 4 bridgehead atoms. The lowest BCUT2D eigenvalue weighted by Gasteiger charge is -2.61. The van der Waals surface area contributed by atoms with Crippen LogP contribution in [0.2, 0.25) is 0 Å². The maximum atomic E-state index is 13.4. The van der Waals surface area contributed by atoms with Crippen molar-refractivity contribution < 1.29 is 4.79 Å². The maximum absolute atomic E-state index is 13.4. The van der Waals surface area contributed by atoms with Gasteiger partial charge in [-0.05, 0) is 93.2 Å². The summed E-state index contributed by atoms with van der Waals surface area (Å²) in [6.45, 7) is 3.09. The van der Waals surface area contributed by atoms with Crippen LogP contribution in [-0.2, 0) is 10.2 Å². The fourth-order valence-electron chi connectivity index (χ4n) is 7.17. The van der Waals surface area contributed by atoms with Crippen molar-refractivity contribution in [3.8, 4) is 0 Å². The molecule has 1 heterocycles. The van der Waals surface area contributed by atoms with Crippen molar-refractivity contribution >= 4 is 5.91 Å². The Morgan fingerprint density at radius 2 is 1.73 bits per heavy atom. The molecule has 2 unspecified atom stereocenters. The van der Waals surface area contributed by atoms with E-state index in [2.05, 4.69) is 41.0 Å². The molecule has 1 aromatic rings. The highest BCUT2D eigenvalue weighted by molar-refractivity contribution is 5.83. The van der Waals surface area contributed by atoms with E-state index >= 15 is 0 Å². The van der Waals surface area contributed by atoms with Gasteiger partial charge < -0.3 is 10.6 Å². The van der Waals surface area contributed by atoms with Crippen molar-refractivity contribution in [3.63, 3.8) is 0 Å². The molecular weight excluding hydrogens is 320 g/mol. The predicted octanol–water partition coefficient (Wildman–Crippen LogP) is 3.64. The van der Waals surface area contributed by atoms with E-state index in [0.717, 1.165) is 50.7 Å². The van der Waals surface area contributed by atoms with Crippen LogP contribution in [0.3, 0.4) is 0 Å². The van der Waals surface area contributed by atoms with Gasteiger partial charge in [0.2, 0.25) is 5.91 Å². The molecule has 3 heteroatoms. The first-order valence-electron chi connectivity index (χ1n) is 10.7. The Hall–Kier alpha value is -1.35. The van der Waals surface area contributed by atoms with Crippen LogP contribution in [0.4, 0.5) is 0 Å². The van der Waals surface area contributed by atoms with Crippen LogP contribution in [0.25, 0.3) is 0 Å². The van der Waals surface area contributed by atoms with Crippen molar-refractivity contribution in [2.24, 2.45) is 23.2 Å². The number of carbonyl (C=O) groups excluding carboxylic acids is 1. The zero-order chi connectivity index (χ0) is 17.6. The van der Waals surface area contributed by atoms with Crippen molar-refractivity contribution in [3.05, 3.63) is 35.9 Å². The molecule has 4 saturated carbocycles. The van der Waals surface area contributed by atoms with Crippen molar-refractivity contribution in [2.45, 2.75) is 56.8 Å². The van der Waals surface area contributed by atoms with Gasteiger partial charge in [-0.2, -0.15) is 0 Å². The van der Waals surface area contributed by atoms with Gasteiger partial charge in [0.1, 0.15) is 0 Å². The molecule has 2 atom stereocenters. The Bertz CT molecular complexity index is 650. The van der Waals surface area contributed by atoms with Crippen LogP contribution < -0.4 is 10.6 Å². The number of amides is 1. The summed E-state index contributed by atoms with van der Waals surface area (Å²) in [5.41, 5.74) is 1.66.